The molecule has 0 saturated heterocycles. The summed E-state index contributed by atoms with van der Waals surface area (Å²) in [5, 5.41) is 2.56. The van der Waals surface area contributed by atoms with Crippen molar-refractivity contribution < 1.29 is 17.9 Å². The van der Waals surface area contributed by atoms with Gasteiger partial charge in [0.25, 0.3) is 0 Å². The molecule has 0 aliphatic rings. The molecular formula is C14H23N3O4S. The molecule has 0 radical (unpaired) electrons. The fraction of sp³-hybridized carbons (Fsp3) is 0.500. The van der Waals surface area contributed by atoms with E-state index < -0.39 is 15.9 Å². The maximum atomic E-state index is 12.5. The van der Waals surface area contributed by atoms with E-state index in [9.17, 15) is 13.2 Å². The number of amides is 1. The summed E-state index contributed by atoms with van der Waals surface area (Å²) in [7, 11) is -3.60. The Bertz CT molecular complexity index is 613. The fourth-order valence-electron chi connectivity index (χ4n) is 1.96. The normalized spacial score (nSPS) is 11.5. The first-order chi connectivity index (χ1) is 10.4. The van der Waals surface area contributed by atoms with E-state index in [-0.39, 0.29) is 11.4 Å². The second-order valence-corrected chi connectivity index (χ2v) is 6.37. The van der Waals surface area contributed by atoms with Gasteiger partial charge in [0.05, 0.1) is 23.7 Å². The van der Waals surface area contributed by atoms with Gasteiger partial charge in [-0.05, 0) is 25.1 Å². The van der Waals surface area contributed by atoms with Crippen LogP contribution in [0.4, 0.5) is 5.69 Å². The highest BCUT2D eigenvalue weighted by Crippen LogP contribution is 2.29. The van der Waals surface area contributed by atoms with Crippen molar-refractivity contribution >= 4 is 21.6 Å². The number of benzene rings is 1. The summed E-state index contributed by atoms with van der Waals surface area (Å²) >= 11 is 0. The number of nitrogens with one attached hydrogen (secondary N) is 1. The second-order valence-electron chi connectivity index (χ2n) is 4.43. The molecule has 7 nitrogen and oxygen atoms in total. The van der Waals surface area contributed by atoms with Crippen LogP contribution in [0.3, 0.4) is 0 Å². The third-order valence-electron chi connectivity index (χ3n) is 3.05. The monoisotopic (exact) mass is 329 g/mol. The van der Waals surface area contributed by atoms with E-state index in [1.165, 1.54) is 22.5 Å². The van der Waals surface area contributed by atoms with Crippen LogP contribution in [0.1, 0.15) is 20.8 Å². The van der Waals surface area contributed by atoms with E-state index in [1.807, 2.05) is 0 Å². The van der Waals surface area contributed by atoms with Crippen LogP contribution in [0.2, 0.25) is 0 Å². The van der Waals surface area contributed by atoms with Crippen LogP contribution in [0.15, 0.2) is 23.1 Å². The quantitative estimate of drug-likeness (QED) is 0.741. The smallest absolute Gasteiger partial charge is 0.243 e. The van der Waals surface area contributed by atoms with Crippen LogP contribution < -0.4 is 15.8 Å². The summed E-state index contributed by atoms with van der Waals surface area (Å²) < 4.78 is 31.8. The SMILES string of the molecule is CCOc1ccc(S(=O)(=O)N(CC)CC)cc1NC(=O)CN. The number of rotatable bonds is 8. The van der Waals surface area contributed by atoms with Crippen molar-refractivity contribution in [1.29, 1.82) is 0 Å². The number of hydrogen-bond acceptors (Lipinski definition) is 5. The molecule has 1 aromatic rings. The maximum absolute atomic E-state index is 12.5. The highest BCUT2D eigenvalue weighted by Gasteiger charge is 2.23. The zero-order valence-electron chi connectivity index (χ0n) is 13.1. The average molecular weight is 329 g/mol. The molecule has 0 aromatic heterocycles. The largest absolute Gasteiger partial charge is 0.492 e. The van der Waals surface area contributed by atoms with Gasteiger partial charge in [-0.15, -0.1) is 0 Å². The Morgan fingerprint density at radius 1 is 1.27 bits per heavy atom. The summed E-state index contributed by atoms with van der Waals surface area (Å²) in [6.45, 7) is 6.29. The minimum absolute atomic E-state index is 0.104. The van der Waals surface area contributed by atoms with Gasteiger partial charge in [-0.3, -0.25) is 4.79 Å². The molecule has 0 aliphatic carbocycles. The number of anilines is 1. The number of hydrogen-bond donors (Lipinski definition) is 2. The van der Waals surface area contributed by atoms with Gasteiger partial charge in [0.2, 0.25) is 15.9 Å². The Morgan fingerprint density at radius 2 is 1.91 bits per heavy atom. The maximum Gasteiger partial charge on any atom is 0.243 e. The van der Waals surface area contributed by atoms with Gasteiger partial charge in [0.1, 0.15) is 5.75 Å². The van der Waals surface area contributed by atoms with Gasteiger partial charge in [0.15, 0.2) is 0 Å². The highest BCUT2D eigenvalue weighted by molar-refractivity contribution is 7.89. The predicted molar refractivity (Wildman–Crippen MR) is 85.4 cm³/mol. The Kier molecular flexibility index (Phi) is 6.79. The summed E-state index contributed by atoms with van der Waals surface area (Å²) in [5.74, 6) is -0.0128. The second kappa shape index (κ2) is 8.11. The molecule has 0 unspecified atom stereocenters. The lowest BCUT2D eigenvalue weighted by Gasteiger charge is -2.20. The third-order valence-corrected chi connectivity index (χ3v) is 5.10. The van der Waals surface area contributed by atoms with E-state index in [4.69, 9.17) is 10.5 Å². The number of nitrogens with two attached hydrogens (primary N) is 1. The first-order valence-corrected chi connectivity index (χ1v) is 8.61. The Hall–Kier alpha value is -1.64. The zero-order valence-corrected chi connectivity index (χ0v) is 13.9. The molecule has 0 atom stereocenters. The molecule has 3 N–H and O–H groups in total. The standard InChI is InChI=1S/C14H23N3O4S/c1-4-17(5-2)22(19,20)11-7-8-13(21-6-3)12(9-11)16-14(18)10-15/h7-9H,4-6,10,15H2,1-3H3,(H,16,18). The topological polar surface area (TPSA) is 102 Å². The summed E-state index contributed by atoms with van der Waals surface area (Å²) in [5.41, 5.74) is 5.58. The highest BCUT2D eigenvalue weighted by atomic mass is 32.2. The molecule has 22 heavy (non-hydrogen) atoms. The number of ether oxygens (including phenoxy) is 1. The summed E-state index contributed by atoms with van der Waals surface area (Å²) in [4.78, 5) is 11.6. The van der Waals surface area contributed by atoms with Crippen molar-refractivity contribution in [2.45, 2.75) is 25.7 Å². The first-order valence-electron chi connectivity index (χ1n) is 7.17. The first kappa shape index (κ1) is 18.4. The van der Waals surface area contributed by atoms with Crippen molar-refractivity contribution in [3.8, 4) is 5.75 Å². The Labute approximate surface area is 131 Å². The molecule has 8 heteroatoms. The van der Waals surface area contributed by atoms with Crippen LogP contribution in [-0.4, -0.2) is 44.9 Å². The lowest BCUT2D eigenvalue weighted by atomic mass is 10.3. The summed E-state index contributed by atoms with van der Waals surface area (Å²) in [6.07, 6.45) is 0. The third kappa shape index (κ3) is 4.19. The van der Waals surface area contributed by atoms with E-state index in [0.29, 0.717) is 31.1 Å². The molecule has 0 spiro atoms. The molecule has 124 valence electrons. The van der Waals surface area contributed by atoms with Crippen LogP contribution in [0.5, 0.6) is 5.75 Å². The number of carbonyl (C=O) groups is 1. The predicted octanol–water partition coefficient (Wildman–Crippen LogP) is 1.01. The molecule has 1 amide bonds. The fourth-order valence-corrected chi connectivity index (χ4v) is 3.45. The minimum Gasteiger partial charge on any atom is -0.492 e. The minimum atomic E-state index is -3.60. The van der Waals surface area contributed by atoms with Crippen LogP contribution in [0, 0.1) is 0 Å². The van der Waals surface area contributed by atoms with E-state index in [0.717, 1.165) is 0 Å². The molecule has 0 aliphatic heterocycles. The molecule has 0 heterocycles. The molecule has 1 rings (SSSR count). The number of carbonyl (C=O) groups excluding carboxylic acids is 1. The molecule has 1 aromatic carbocycles. The van der Waals surface area contributed by atoms with Crippen LogP contribution in [0.25, 0.3) is 0 Å². The van der Waals surface area contributed by atoms with E-state index in [1.54, 1.807) is 20.8 Å². The van der Waals surface area contributed by atoms with Crippen molar-refractivity contribution in [3.05, 3.63) is 18.2 Å². The van der Waals surface area contributed by atoms with Crippen molar-refractivity contribution in [2.24, 2.45) is 5.73 Å². The van der Waals surface area contributed by atoms with Gasteiger partial charge in [0, 0.05) is 13.1 Å². The lowest BCUT2D eigenvalue weighted by Crippen LogP contribution is -2.30. The van der Waals surface area contributed by atoms with Crippen LogP contribution >= 0.6 is 0 Å². The molecule has 0 saturated carbocycles. The number of sulfonamides is 1. The van der Waals surface area contributed by atoms with Crippen molar-refractivity contribution in [3.63, 3.8) is 0 Å². The van der Waals surface area contributed by atoms with Crippen molar-refractivity contribution in [1.82, 2.24) is 4.31 Å². The zero-order chi connectivity index (χ0) is 16.8. The molecule has 0 bridgehead atoms. The molecular weight excluding hydrogens is 306 g/mol. The van der Waals surface area contributed by atoms with Gasteiger partial charge >= 0.3 is 0 Å². The average Bonchev–Trinajstić information content (AvgIpc) is 2.49. The van der Waals surface area contributed by atoms with Gasteiger partial charge < -0.3 is 15.8 Å². The van der Waals surface area contributed by atoms with Gasteiger partial charge in [-0.1, -0.05) is 13.8 Å². The Balaban J connectivity index is 3.28. The van der Waals surface area contributed by atoms with Gasteiger partial charge in [-0.25, -0.2) is 8.42 Å². The van der Waals surface area contributed by atoms with E-state index in [2.05, 4.69) is 5.32 Å². The summed E-state index contributed by atoms with van der Waals surface area (Å²) in [6, 6.07) is 4.40. The van der Waals surface area contributed by atoms with Gasteiger partial charge in [-0.2, -0.15) is 4.31 Å². The molecule has 0 fully saturated rings. The van der Waals surface area contributed by atoms with Crippen molar-refractivity contribution in [2.75, 3.05) is 31.6 Å². The Morgan fingerprint density at radius 3 is 2.41 bits per heavy atom. The van der Waals surface area contributed by atoms with Crippen LogP contribution in [-0.2, 0) is 14.8 Å². The lowest BCUT2D eigenvalue weighted by molar-refractivity contribution is -0.114. The van der Waals surface area contributed by atoms with E-state index >= 15 is 0 Å². The number of nitrogens with zero attached hydrogens (tertiary/aromatic N) is 1.